The highest BCUT2D eigenvalue weighted by Gasteiger charge is 2.25. The van der Waals surface area contributed by atoms with Crippen molar-refractivity contribution in [3.05, 3.63) is 36.1 Å². The molecule has 0 bridgehead atoms. The monoisotopic (exact) mass is 246 g/mol. The number of hydrogen-bond donors (Lipinski definition) is 1. The van der Waals surface area contributed by atoms with E-state index in [0.717, 1.165) is 18.2 Å². The van der Waals surface area contributed by atoms with E-state index in [9.17, 15) is 0 Å². The molecule has 1 aliphatic carbocycles. The Balaban J connectivity index is 1.61. The van der Waals surface area contributed by atoms with Crippen molar-refractivity contribution in [3.63, 3.8) is 0 Å². The normalized spacial score (nSPS) is 17.0. The third-order valence-corrected chi connectivity index (χ3v) is 3.29. The fourth-order valence-electron chi connectivity index (χ4n) is 2.07. The first-order chi connectivity index (χ1) is 8.74. The maximum atomic E-state index is 5.51. The lowest BCUT2D eigenvalue weighted by Gasteiger charge is -2.11. The molecule has 0 saturated heterocycles. The SMILES string of the molecule is Cc1cnc(C(C)NCc2cncn2C2CC2)o1. The zero-order chi connectivity index (χ0) is 12.5. The molecule has 1 saturated carbocycles. The van der Waals surface area contributed by atoms with Gasteiger partial charge in [-0.2, -0.15) is 0 Å². The summed E-state index contributed by atoms with van der Waals surface area (Å²) in [5.41, 5.74) is 1.23. The van der Waals surface area contributed by atoms with Gasteiger partial charge in [0.1, 0.15) is 5.76 Å². The molecule has 0 radical (unpaired) electrons. The average Bonchev–Trinajstić information content (AvgIpc) is 2.94. The van der Waals surface area contributed by atoms with Gasteiger partial charge in [0, 0.05) is 18.8 Å². The average molecular weight is 246 g/mol. The van der Waals surface area contributed by atoms with Crippen LogP contribution in [-0.2, 0) is 6.54 Å². The Morgan fingerprint density at radius 1 is 1.50 bits per heavy atom. The molecule has 0 spiro atoms. The van der Waals surface area contributed by atoms with E-state index < -0.39 is 0 Å². The van der Waals surface area contributed by atoms with E-state index in [0.29, 0.717) is 6.04 Å². The summed E-state index contributed by atoms with van der Waals surface area (Å²) in [7, 11) is 0. The lowest BCUT2D eigenvalue weighted by Crippen LogP contribution is -2.20. The summed E-state index contributed by atoms with van der Waals surface area (Å²) >= 11 is 0. The Labute approximate surface area is 106 Å². The fourth-order valence-corrected chi connectivity index (χ4v) is 2.07. The van der Waals surface area contributed by atoms with Crippen LogP contribution >= 0.6 is 0 Å². The first-order valence-electron chi connectivity index (χ1n) is 6.40. The van der Waals surface area contributed by atoms with Gasteiger partial charge in [-0.15, -0.1) is 0 Å². The summed E-state index contributed by atoms with van der Waals surface area (Å²) in [6, 6.07) is 0.782. The maximum absolute atomic E-state index is 5.51. The molecule has 1 unspecified atom stereocenters. The summed E-state index contributed by atoms with van der Waals surface area (Å²) in [6.07, 6.45) is 8.16. The third-order valence-electron chi connectivity index (χ3n) is 3.29. The van der Waals surface area contributed by atoms with Crippen LogP contribution in [0.4, 0.5) is 0 Å². The van der Waals surface area contributed by atoms with Crippen molar-refractivity contribution >= 4 is 0 Å². The van der Waals surface area contributed by atoms with Crippen LogP contribution in [0.1, 0.15) is 49.2 Å². The molecule has 2 aromatic heterocycles. The summed E-state index contributed by atoms with van der Waals surface area (Å²) < 4.78 is 7.77. The molecule has 2 heterocycles. The maximum Gasteiger partial charge on any atom is 0.211 e. The van der Waals surface area contributed by atoms with Crippen LogP contribution in [0.5, 0.6) is 0 Å². The molecule has 96 valence electrons. The van der Waals surface area contributed by atoms with Gasteiger partial charge in [-0.25, -0.2) is 9.97 Å². The molecular formula is C13H18N4O. The number of imidazole rings is 1. The standard InChI is InChI=1S/C13H18N4O/c1-9-5-16-13(18-9)10(2)15-7-12-6-14-8-17(12)11-3-4-11/h5-6,8,10-11,15H,3-4,7H2,1-2H3. The van der Waals surface area contributed by atoms with Crippen molar-refractivity contribution in [3.8, 4) is 0 Å². The van der Waals surface area contributed by atoms with Crippen LogP contribution in [0.2, 0.25) is 0 Å². The topological polar surface area (TPSA) is 55.9 Å². The van der Waals surface area contributed by atoms with Crippen molar-refractivity contribution in [2.24, 2.45) is 0 Å². The fraction of sp³-hybridized carbons (Fsp3) is 0.538. The Kier molecular flexibility index (Phi) is 2.91. The molecule has 1 aliphatic rings. The molecule has 18 heavy (non-hydrogen) atoms. The second kappa shape index (κ2) is 4.57. The predicted molar refractivity (Wildman–Crippen MR) is 67.0 cm³/mol. The Morgan fingerprint density at radius 2 is 2.33 bits per heavy atom. The number of nitrogens with zero attached hydrogens (tertiary/aromatic N) is 3. The lowest BCUT2D eigenvalue weighted by atomic mass is 10.3. The van der Waals surface area contributed by atoms with Gasteiger partial charge in [-0.3, -0.25) is 0 Å². The highest BCUT2D eigenvalue weighted by Crippen LogP contribution is 2.35. The lowest BCUT2D eigenvalue weighted by molar-refractivity contribution is 0.399. The molecule has 2 aromatic rings. The first-order valence-corrected chi connectivity index (χ1v) is 6.40. The van der Waals surface area contributed by atoms with Gasteiger partial charge in [0.2, 0.25) is 5.89 Å². The van der Waals surface area contributed by atoms with Gasteiger partial charge in [0.15, 0.2) is 0 Å². The number of oxazole rings is 1. The summed E-state index contributed by atoms with van der Waals surface area (Å²) in [6.45, 7) is 4.76. The molecule has 0 amide bonds. The predicted octanol–water partition coefficient (Wildman–Crippen LogP) is 2.37. The van der Waals surface area contributed by atoms with Crippen LogP contribution in [0.25, 0.3) is 0 Å². The number of aromatic nitrogens is 3. The molecule has 0 aromatic carbocycles. The number of rotatable bonds is 5. The molecule has 1 N–H and O–H groups in total. The van der Waals surface area contributed by atoms with E-state index in [-0.39, 0.29) is 6.04 Å². The molecule has 1 fully saturated rings. The summed E-state index contributed by atoms with van der Waals surface area (Å²) in [5.74, 6) is 1.59. The van der Waals surface area contributed by atoms with Crippen LogP contribution in [0, 0.1) is 6.92 Å². The highest BCUT2D eigenvalue weighted by atomic mass is 16.4. The van der Waals surface area contributed by atoms with E-state index in [4.69, 9.17) is 4.42 Å². The van der Waals surface area contributed by atoms with E-state index >= 15 is 0 Å². The first kappa shape index (κ1) is 11.5. The second-order valence-corrected chi connectivity index (χ2v) is 4.94. The molecular weight excluding hydrogens is 228 g/mol. The van der Waals surface area contributed by atoms with E-state index in [1.54, 1.807) is 6.20 Å². The van der Waals surface area contributed by atoms with Crippen molar-refractivity contribution < 1.29 is 4.42 Å². The zero-order valence-electron chi connectivity index (χ0n) is 10.8. The van der Waals surface area contributed by atoms with Gasteiger partial charge in [-0.1, -0.05) is 0 Å². The minimum Gasteiger partial charge on any atom is -0.444 e. The van der Waals surface area contributed by atoms with Crippen molar-refractivity contribution in [2.45, 2.75) is 45.3 Å². The molecule has 3 rings (SSSR count). The quantitative estimate of drug-likeness (QED) is 0.880. The highest BCUT2D eigenvalue weighted by molar-refractivity contribution is 5.04. The molecule has 1 atom stereocenters. The smallest absolute Gasteiger partial charge is 0.211 e. The second-order valence-electron chi connectivity index (χ2n) is 4.94. The van der Waals surface area contributed by atoms with Crippen molar-refractivity contribution in [2.75, 3.05) is 0 Å². The van der Waals surface area contributed by atoms with Crippen molar-refractivity contribution in [1.82, 2.24) is 19.9 Å². The number of hydrogen-bond acceptors (Lipinski definition) is 4. The summed E-state index contributed by atoms with van der Waals surface area (Å²) in [4.78, 5) is 8.46. The van der Waals surface area contributed by atoms with Crippen molar-refractivity contribution in [1.29, 1.82) is 0 Å². The van der Waals surface area contributed by atoms with E-state index in [1.807, 2.05) is 19.4 Å². The van der Waals surface area contributed by atoms with E-state index in [1.165, 1.54) is 18.5 Å². The van der Waals surface area contributed by atoms with Gasteiger partial charge >= 0.3 is 0 Å². The van der Waals surface area contributed by atoms with Crippen LogP contribution in [0.15, 0.2) is 23.1 Å². The minimum absolute atomic E-state index is 0.112. The number of nitrogens with one attached hydrogen (secondary N) is 1. The van der Waals surface area contributed by atoms with Gasteiger partial charge in [0.25, 0.3) is 0 Å². The minimum atomic E-state index is 0.112. The van der Waals surface area contributed by atoms with Gasteiger partial charge in [0.05, 0.1) is 24.3 Å². The van der Waals surface area contributed by atoms with Crippen LogP contribution < -0.4 is 5.32 Å². The third kappa shape index (κ3) is 2.31. The Hall–Kier alpha value is -1.62. The van der Waals surface area contributed by atoms with Gasteiger partial charge < -0.3 is 14.3 Å². The zero-order valence-corrected chi connectivity index (χ0v) is 10.8. The van der Waals surface area contributed by atoms with Crippen LogP contribution in [-0.4, -0.2) is 14.5 Å². The van der Waals surface area contributed by atoms with Gasteiger partial charge in [-0.05, 0) is 26.7 Å². The largest absolute Gasteiger partial charge is 0.444 e. The van der Waals surface area contributed by atoms with Crippen LogP contribution in [0.3, 0.4) is 0 Å². The molecule has 0 aliphatic heterocycles. The summed E-state index contributed by atoms with van der Waals surface area (Å²) in [5, 5.41) is 3.42. The molecule has 5 nitrogen and oxygen atoms in total. The van der Waals surface area contributed by atoms with E-state index in [2.05, 4.69) is 26.8 Å². The Morgan fingerprint density at radius 3 is 3.00 bits per heavy atom. The molecule has 5 heteroatoms. The number of aryl methyl sites for hydroxylation is 1. The Bertz CT molecular complexity index is 527.